The minimum Gasteiger partial charge on any atom is -0.383 e. The summed E-state index contributed by atoms with van der Waals surface area (Å²) in [5, 5.41) is 7.34. The molecule has 0 aliphatic rings. The molecule has 0 saturated heterocycles. The summed E-state index contributed by atoms with van der Waals surface area (Å²) >= 11 is 0. The van der Waals surface area contributed by atoms with E-state index in [-0.39, 0.29) is 0 Å². The van der Waals surface area contributed by atoms with Crippen molar-refractivity contribution in [2.24, 2.45) is 7.05 Å². The molecule has 7 heteroatoms. The van der Waals surface area contributed by atoms with Crippen molar-refractivity contribution in [3.63, 3.8) is 0 Å². The predicted octanol–water partition coefficient (Wildman–Crippen LogP) is 0.362. The van der Waals surface area contributed by atoms with Gasteiger partial charge < -0.3 is 11.1 Å². The minimum absolute atomic E-state index is 0.513. The van der Waals surface area contributed by atoms with Crippen molar-refractivity contribution in [3.8, 4) is 0 Å². The van der Waals surface area contributed by atoms with Crippen molar-refractivity contribution in [3.05, 3.63) is 24.0 Å². The van der Waals surface area contributed by atoms with Crippen LogP contribution in [0.25, 0.3) is 0 Å². The van der Waals surface area contributed by atoms with Gasteiger partial charge in [0.05, 0.1) is 6.54 Å². The maximum atomic E-state index is 5.78. The van der Waals surface area contributed by atoms with Crippen LogP contribution in [0.1, 0.15) is 18.3 Å². The van der Waals surface area contributed by atoms with Gasteiger partial charge in [0.25, 0.3) is 0 Å². The van der Waals surface area contributed by atoms with E-state index in [1.807, 2.05) is 14.0 Å². The third kappa shape index (κ3) is 2.49. The largest absolute Gasteiger partial charge is 0.383 e. The number of rotatable bonds is 4. The summed E-state index contributed by atoms with van der Waals surface area (Å²) in [6.07, 6.45) is 3.89. The Labute approximate surface area is 99.1 Å². The lowest BCUT2D eigenvalue weighted by atomic mass is 10.2. The zero-order chi connectivity index (χ0) is 12.3. The topological polar surface area (TPSA) is 94.5 Å². The first kappa shape index (κ1) is 11.3. The molecule has 17 heavy (non-hydrogen) atoms. The highest BCUT2D eigenvalue weighted by molar-refractivity contribution is 5.54. The normalized spacial score (nSPS) is 10.5. The molecule has 0 aromatic carbocycles. The van der Waals surface area contributed by atoms with Gasteiger partial charge in [0.2, 0.25) is 0 Å². The second-order valence-electron chi connectivity index (χ2n) is 3.63. The Kier molecular flexibility index (Phi) is 3.17. The van der Waals surface area contributed by atoms with Gasteiger partial charge in [0.15, 0.2) is 5.82 Å². The van der Waals surface area contributed by atoms with Crippen LogP contribution in [-0.4, -0.2) is 24.7 Å². The zero-order valence-corrected chi connectivity index (χ0v) is 9.88. The number of aromatic nitrogens is 5. The van der Waals surface area contributed by atoms with Crippen LogP contribution in [0.5, 0.6) is 0 Å². The fraction of sp³-hybridized carbons (Fsp3) is 0.400. The minimum atomic E-state index is 0.513. The summed E-state index contributed by atoms with van der Waals surface area (Å²) in [6, 6.07) is 0. The van der Waals surface area contributed by atoms with E-state index in [2.05, 4.69) is 25.4 Å². The summed E-state index contributed by atoms with van der Waals surface area (Å²) in [5.41, 5.74) is 6.70. The molecule has 0 fully saturated rings. The maximum Gasteiger partial charge on any atom is 0.169 e. The molecule has 0 spiro atoms. The van der Waals surface area contributed by atoms with Gasteiger partial charge in [0, 0.05) is 12.6 Å². The van der Waals surface area contributed by atoms with Crippen LogP contribution in [0.2, 0.25) is 0 Å². The number of aryl methyl sites for hydroxylation is 1. The fourth-order valence-corrected chi connectivity index (χ4v) is 1.55. The van der Waals surface area contributed by atoms with Crippen molar-refractivity contribution in [2.75, 3.05) is 11.1 Å². The van der Waals surface area contributed by atoms with E-state index in [4.69, 9.17) is 5.73 Å². The predicted molar refractivity (Wildman–Crippen MR) is 64.2 cm³/mol. The molecule has 2 heterocycles. The highest BCUT2D eigenvalue weighted by Gasteiger charge is 2.07. The molecule has 2 aromatic heterocycles. The Morgan fingerprint density at radius 1 is 1.35 bits per heavy atom. The van der Waals surface area contributed by atoms with Crippen LogP contribution in [0.15, 0.2) is 12.7 Å². The zero-order valence-electron chi connectivity index (χ0n) is 9.88. The number of anilines is 2. The van der Waals surface area contributed by atoms with Crippen molar-refractivity contribution >= 4 is 11.6 Å². The lowest BCUT2D eigenvalue weighted by molar-refractivity contribution is 0.746. The summed E-state index contributed by atoms with van der Waals surface area (Å²) in [5.74, 6) is 1.97. The van der Waals surface area contributed by atoms with Crippen molar-refractivity contribution < 1.29 is 0 Å². The van der Waals surface area contributed by atoms with Gasteiger partial charge in [0.1, 0.15) is 24.3 Å². The number of nitrogens with one attached hydrogen (secondary N) is 1. The molecule has 0 bridgehead atoms. The van der Waals surface area contributed by atoms with E-state index in [0.717, 1.165) is 17.8 Å². The van der Waals surface area contributed by atoms with Crippen molar-refractivity contribution in [2.45, 2.75) is 19.9 Å². The third-order valence-corrected chi connectivity index (χ3v) is 2.39. The van der Waals surface area contributed by atoms with Gasteiger partial charge in [-0.05, 0) is 6.42 Å². The number of nitrogen functional groups attached to an aromatic ring is 1. The Balaban J connectivity index is 2.11. The van der Waals surface area contributed by atoms with Crippen LogP contribution in [0, 0.1) is 0 Å². The van der Waals surface area contributed by atoms with E-state index < -0.39 is 0 Å². The van der Waals surface area contributed by atoms with Gasteiger partial charge in [-0.2, -0.15) is 5.10 Å². The quantitative estimate of drug-likeness (QED) is 0.791. The maximum absolute atomic E-state index is 5.78. The average Bonchev–Trinajstić information content (AvgIpc) is 2.72. The van der Waals surface area contributed by atoms with Crippen LogP contribution in [-0.2, 0) is 20.0 Å². The number of nitrogens with two attached hydrogens (primary N) is 1. The molecule has 0 radical (unpaired) electrons. The molecule has 7 nitrogen and oxygen atoms in total. The molecule has 0 saturated carbocycles. The van der Waals surface area contributed by atoms with E-state index >= 15 is 0 Å². The Hall–Kier alpha value is -2.18. The first-order chi connectivity index (χ1) is 8.20. The summed E-state index contributed by atoms with van der Waals surface area (Å²) in [4.78, 5) is 12.3. The fourth-order valence-electron chi connectivity index (χ4n) is 1.55. The molecule has 3 N–H and O–H groups in total. The molecule has 0 unspecified atom stereocenters. The van der Waals surface area contributed by atoms with E-state index in [9.17, 15) is 0 Å². The Morgan fingerprint density at radius 2 is 2.18 bits per heavy atom. The lowest BCUT2D eigenvalue weighted by Gasteiger charge is -2.09. The van der Waals surface area contributed by atoms with Crippen LogP contribution < -0.4 is 11.1 Å². The monoisotopic (exact) mass is 233 g/mol. The van der Waals surface area contributed by atoms with Gasteiger partial charge in [-0.1, -0.05) is 6.92 Å². The number of hydrogen-bond donors (Lipinski definition) is 2. The average molecular weight is 233 g/mol. The van der Waals surface area contributed by atoms with Gasteiger partial charge in [-0.25, -0.2) is 15.0 Å². The van der Waals surface area contributed by atoms with Crippen LogP contribution in [0.3, 0.4) is 0 Å². The molecule has 2 aromatic rings. The standard InChI is InChI=1S/C10H15N7/c1-3-7-9(11)13-5-14-10(7)12-4-8-15-6-17(2)16-8/h5-6H,3-4H2,1-2H3,(H3,11,12,13,14). The van der Waals surface area contributed by atoms with Gasteiger partial charge in [-0.15, -0.1) is 0 Å². The summed E-state index contributed by atoms with van der Waals surface area (Å²) in [6.45, 7) is 2.53. The Morgan fingerprint density at radius 3 is 2.82 bits per heavy atom. The lowest BCUT2D eigenvalue weighted by Crippen LogP contribution is -2.09. The van der Waals surface area contributed by atoms with Crippen molar-refractivity contribution in [1.29, 1.82) is 0 Å². The highest BCUT2D eigenvalue weighted by atomic mass is 15.3. The Bertz CT molecular complexity index is 505. The molecule has 0 amide bonds. The van der Waals surface area contributed by atoms with Gasteiger partial charge in [-0.3, -0.25) is 4.68 Å². The van der Waals surface area contributed by atoms with Gasteiger partial charge >= 0.3 is 0 Å². The second kappa shape index (κ2) is 4.77. The second-order valence-corrected chi connectivity index (χ2v) is 3.63. The molecule has 0 atom stereocenters. The van der Waals surface area contributed by atoms with Crippen LogP contribution >= 0.6 is 0 Å². The van der Waals surface area contributed by atoms with E-state index in [0.29, 0.717) is 18.2 Å². The number of nitrogens with zero attached hydrogens (tertiary/aromatic N) is 5. The summed E-state index contributed by atoms with van der Waals surface area (Å²) in [7, 11) is 1.83. The van der Waals surface area contributed by atoms with Crippen LogP contribution in [0.4, 0.5) is 11.6 Å². The summed E-state index contributed by atoms with van der Waals surface area (Å²) < 4.78 is 1.66. The third-order valence-electron chi connectivity index (χ3n) is 2.39. The molecular formula is C10H15N7. The molecule has 0 aliphatic heterocycles. The molecular weight excluding hydrogens is 218 g/mol. The van der Waals surface area contributed by atoms with E-state index in [1.54, 1.807) is 11.0 Å². The molecule has 2 rings (SSSR count). The molecule has 0 aliphatic carbocycles. The molecule has 90 valence electrons. The SMILES string of the molecule is CCc1c(N)ncnc1NCc1ncn(C)n1. The smallest absolute Gasteiger partial charge is 0.169 e. The van der Waals surface area contributed by atoms with Crippen molar-refractivity contribution in [1.82, 2.24) is 24.7 Å². The first-order valence-corrected chi connectivity index (χ1v) is 5.38. The first-order valence-electron chi connectivity index (χ1n) is 5.38. The highest BCUT2D eigenvalue weighted by Crippen LogP contribution is 2.17. The number of hydrogen-bond acceptors (Lipinski definition) is 6. The van der Waals surface area contributed by atoms with E-state index in [1.165, 1.54) is 6.33 Å².